The van der Waals surface area contributed by atoms with Gasteiger partial charge in [0, 0.05) is 19.3 Å². The van der Waals surface area contributed by atoms with Crippen LogP contribution in [-0.4, -0.2) is 22.6 Å². The average Bonchev–Trinajstić information content (AvgIpc) is 2.61. The van der Waals surface area contributed by atoms with Gasteiger partial charge in [-0.05, 0) is 12.0 Å². The van der Waals surface area contributed by atoms with Crippen LogP contribution >= 0.6 is 0 Å². The standard InChI is InChI=1S/C11H17F3N2O/c1-9(2)7-17-8-10-3-5-16(15-10)6-4-11(12,13)14/h3,5,9H,4,6-8H2,1-2H3. The van der Waals surface area contributed by atoms with E-state index in [2.05, 4.69) is 5.10 Å². The van der Waals surface area contributed by atoms with Crippen LogP contribution in [0.3, 0.4) is 0 Å². The first-order valence-corrected chi connectivity index (χ1v) is 5.53. The monoisotopic (exact) mass is 250 g/mol. The minimum absolute atomic E-state index is 0.145. The molecule has 0 amide bonds. The number of aromatic nitrogens is 2. The molecule has 0 spiro atoms. The third-order valence-corrected chi connectivity index (χ3v) is 2.02. The Balaban J connectivity index is 2.32. The van der Waals surface area contributed by atoms with Gasteiger partial charge in [-0.25, -0.2) is 0 Å². The third-order valence-electron chi connectivity index (χ3n) is 2.02. The van der Waals surface area contributed by atoms with Crippen LogP contribution in [0.2, 0.25) is 0 Å². The molecule has 3 nitrogen and oxygen atoms in total. The Morgan fingerprint density at radius 1 is 1.41 bits per heavy atom. The van der Waals surface area contributed by atoms with Crippen LogP contribution in [0.5, 0.6) is 0 Å². The van der Waals surface area contributed by atoms with Gasteiger partial charge >= 0.3 is 6.18 Å². The molecule has 0 aliphatic heterocycles. The summed E-state index contributed by atoms with van der Waals surface area (Å²) in [6.07, 6.45) is -3.46. The Morgan fingerprint density at radius 2 is 2.12 bits per heavy atom. The van der Waals surface area contributed by atoms with Crippen molar-refractivity contribution in [3.05, 3.63) is 18.0 Å². The van der Waals surface area contributed by atoms with Crippen LogP contribution in [0, 0.1) is 5.92 Å². The van der Waals surface area contributed by atoms with Crippen LogP contribution in [0.25, 0.3) is 0 Å². The molecule has 0 aliphatic carbocycles. The van der Waals surface area contributed by atoms with Crippen molar-refractivity contribution in [3.63, 3.8) is 0 Å². The van der Waals surface area contributed by atoms with Gasteiger partial charge in [0.15, 0.2) is 0 Å². The molecule has 1 aromatic heterocycles. The molecule has 98 valence electrons. The smallest absolute Gasteiger partial charge is 0.375 e. The molecule has 0 fully saturated rings. The highest BCUT2D eigenvalue weighted by Gasteiger charge is 2.26. The van der Waals surface area contributed by atoms with E-state index >= 15 is 0 Å². The van der Waals surface area contributed by atoms with E-state index in [4.69, 9.17) is 4.74 Å². The van der Waals surface area contributed by atoms with E-state index in [0.717, 1.165) is 0 Å². The SMILES string of the molecule is CC(C)COCc1ccn(CCC(F)(F)F)n1. The van der Waals surface area contributed by atoms with E-state index in [1.807, 2.05) is 13.8 Å². The summed E-state index contributed by atoms with van der Waals surface area (Å²) in [6.45, 7) is 4.88. The molecule has 0 saturated heterocycles. The minimum Gasteiger partial charge on any atom is -0.375 e. The largest absolute Gasteiger partial charge is 0.390 e. The fraction of sp³-hybridized carbons (Fsp3) is 0.727. The number of hydrogen-bond donors (Lipinski definition) is 0. The molecule has 0 aromatic carbocycles. The Bertz CT molecular complexity index is 334. The zero-order chi connectivity index (χ0) is 12.9. The van der Waals surface area contributed by atoms with Gasteiger partial charge in [0.2, 0.25) is 0 Å². The second-order valence-electron chi connectivity index (χ2n) is 4.34. The molecule has 0 aliphatic rings. The van der Waals surface area contributed by atoms with Gasteiger partial charge in [0.05, 0.1) is 18.7 Å². The lowest BCUT2D eigenvalue weighted by molar-refractivity contribution is -0.137. The van der Waals surface area contributed by atoms with E-state index in [1.54, 1.807) is 12.3 Å². The lowest BCUT2D eigenvalue weighted by atomic mass is 10.2. The summed E-state index contributed by atoms with van der Waals surface area (Å²) < 4.78 is 42.6. The lowest BCUT2D eigenvalue weighted by Crippen LogP contribution is -2.12. The van der Waals surface area contributed by atoms with Crippen molar-refractivity contribution in [3.8, 4) is 0 Å². The normalized spacial score (nSPS) is 12.4. The summed E-state index contributed by atoms with van der Waals surface area (Å²) in [7, 11) is 0. The fourth-order valence-corrected chi connectivity index (χ4v) is 1.25. The highest BCUT2D eigenvalue weighted by Crippen LogP contribution is 2.20. The number of aryl methyl sites for hydroxylation is 1. The maximum Gasteiger partial charge on any atom is 0.390 e. The number of halogens is 3. The van der Waals surface area contributed by atoms with Crippen LogP contribution in [0.15, 0.2) is 12.3 Å². The van der Waals surface area contributed by atoms with E-state index < -0.39 is 12.6 Å². The molecular formula is C11H17F3N2O. The Labute approximate surface area is 98.6 Å². The highest BCUT2D eigenvalue weighted by molar-refractivity contribution is 4.97. The first-order chi connectivity index (χ1) is 7.87. The molecule has 0 unspecified atom stereocenters. The molecule has 6 heteroatoms. The van der Waals surface area contributed by atoms with E-state index in [0.29, 0.717) is 24.8 Å². The number of alkyl halides is 3. The van der Waals surface area contributed by atoms with E-state index in [-0.39, 0.29) is 6.54 Å². The van der Waals surface area contributed by atoms with Crippen LogP contribution in [0.1, 0.15) is 26.0 Å². The Kier molecular flexibility index (Phi) is 4.99. The van der Waals surface area contributed by atoms with Crippen LogP contribution in [-0.2, 0) is 17.9 Å². The summed E-state index contributed by atoms with van der Waals surface area (Å²) in [6, 6.07) is 1.68. The second-order valence-corrected chi connectivity index (χ2v) is 4.34. The predicted molar refractivity (Wildman–Crippen MR) is 57.4 cm³/mol. The maximum atomic E-state index is 12.0. The van der Waals surface area contributed by atoms with Gasteiger partial charge in [-0.15, -0.1) is 0 Å². The number of hydrogen-bond acceptors (Lipinski definition) is 2. The zero-order valence-corrected chi connectivity index (χ0v) is 10.00. The quantitative estimate of drug-likeness (QED) is 0.776. The van der Waals surface area contributed by atoms with Crippen molar-refractivity contribution < 1.29 is 17.9 Å². The minimum atomic E-state index is -4.14. The van der Waals surface area contributed by atoms with E-state index in [9.17, 15) is 13.2 Å². The number of rotatable bonds is 6. The lowest BCUT2D eigenvalue weighted by Gasteiger charge is -2.06. The molecule has 17 heavy (non-hydrogen) atoms. The van der Waals surface area contributed by atoms with Crippen molar-refractivity contribution in [1.29, 1.82) is 0 Å². The van der Waals surface area contributed by atoms with Crippen LogP contribution < -0.4 is 0 Å². The zero-order valence-electron chi connectivity index (χ0n) is 10.00. The summed E-state index contributed by atoms with van der Waals surface area (Å²) in [4.78, 5) is 0. The number of nitrogens with zero attached hydrogens (tertiary/aromatic N) is 2. The molecule has 0 atom stereocenters. The first kappa shape index (κ1) is 14.0. The molecule has 1 rings (SSSR count). The van der Waals surface area contributed by atoms with Gasteiger partial charge in [-0.3, -0.25) is 4.68 Å². The van der Waals surface area contributed by atoms with Crippen molar-refractivity contribution in [2.24, 2.45) is 5.92 Å². The average molecular weight is 250 g/mol. The Morgan fingerprint density at radius 3 is 2.71 bits per heavy atom. The highest BCUT2D eigenvalue weighted by atomic mass is 19.4. The molecule has 0 radical (unpaired) electrons. The molecule has 0 bridgehead atoms. The Hall–Kier alpha value is -1.04. The van der Waals surface area contributed by atoms with Gasteiger partial charge < -0.3 is 4.74 Å². The molecule has 0 N–H and O–H groups in total. The summed E-state index contributed by atoms with van der Waals surface area (Å²) in [5.74, 6) is 0.433. The van der Waals surface area contributed by atoms with Crippen molar-refractivity contribution in [2.45, 2.75) is 39.6 Å². The van der Waals surface area contributed by atoms with Gasteiger partial charge in [-0.2, -0.15) is 18.3 Å². The molecule has 1 aromatic rings. The summed E-state index contributed by atoms with van der Waals surface area (Å²) in [5.41, 5.74) is 0.660. The topological polar surface area (TPSA) is 27.1 Å². The summed E-state index contributed by atoms with van der Waals surface area (Å²) in [5, 5.41) is 4.00. The van der Waals surface area contributed by atoms with Crippen LogP contribution in [0.4, 0.5) is 13.2 Å². The molecule has 0 saturated carbocycles. The first-order valence-electron chi connectivity index (χ1n) is 5.53. The van der Waals surface area contributed by atoms with E-state index in [1.165, 1.54) is 4.68 Å². The van der Waals surface area contributed by atoms with Crippen molar-refractivity contribution >= 4 is 0 Å². The van der Waals surface area contributed by atoms with Gasteiger partial charge in [0.25, 0.3) is 0 Å². The van der Waals surface area contributed by atoms with Crippen molar-refractivity contribution in [2.75, 3.05) is 6.61 Å². The fourth-order valence-electron chi connectivity index (χ4n) is 1.25. The third kappa shape index (κ3) is 6.31. The predicted octanol–water partition coefficient (Wildman–Crippen LogP) is 3.01. The second kappa shape index (κ2) is 6.05. The maximum absolute atomic E-state index is 12.0. The molecular weight excluding hydrogens is 233 g/mol. The van der Waals surface area contributed by atoms with Crippen molar-refractivity contribution in [1.82, 2.24) is 9.78 Å². The summed E-state index contributed by atoms with van der Waals surface area (Å²) >= 11 is 0. The number of ether oxygens (including phenoxy) is 1. The van der Waals surface area contributed by atoms with Gasteiger partial charge in [-0.1, -0.05) is 13.8 Å². The van der Waals surface area contributed by atoms with Gasteiger partial charge in [0.1, 0.15) is 0 Å². The molecule has 1 heterocycles.